The Hall–Kier alpha value is -2.62. The summed E-state index contributed by atoms with van der Waals surface area (Å²) in [7, 11) is 0. The van der Waals surface area contributed by atoms with Crippen LogP contribution in [0.2, 0.25) is 0 Å². The van der Waals surface area contributed by atoms with Crippen LogP contribution < -0.4 is 0 Å². The van der Waals surface area contributed by atoms with Gasteiger partial charge in [0.25, 0.3) is 0 Å². The summed E-state index contributed by atoms with van der Waals surface area (Å²) in [5, 5.41) is 10.9. The van der Waals surface area contributed by atoms with Crippen molar-refractivity contribution in [2.75, 3.05) is 0 Å². The third-order valence-corrected chi connectivity index (χ3v) is 3.21. The maximum atomic E-state index is 10.9. The van der Waals surface area contributed by atoms with Crippen molar-refractivity contribution in [3.8, 4) is 11.5 Å². The SMILES string of the molecule is Cc1cnc(-c2cccc3c(CC(=O)O)cccc23)o1. The molecule has 0 aliphatic heterocycles. The van der Waals surface area contributed by atoms with Crippen LogP contribution in [0, 0.1) is 6.92 Å². The summed E-state index contributed by atoms with van der Waals surface area (Å²) in [6.07, 6.45) is 1.68. The Morgan fingerprint density at radius 3 is 2.65 bits per heavy atom. The molecule has 0 aliphatic rings. The summed E-state index contributed by atoms with van der Waals surface area (Å²) >= 11 is 0. The molecule has 0 amide bonds. The molecule has 0 fully saturated rings. The van der Waals surface area contributed by atoms with E-state index in [-0.39, 0.29) is 6.42 Å². The van der Waals surface area contributed by atoms with E-state index < -0.39 is 5.97 Å². The van der Waals surface area contributed by atoms with Crippen molar-refractivity contribution < 1.29 is 14.3 Å². The molecule has 2 aromatic carbocycles. The fourth-order valence-electron chi connectivity index (χ4n) is 2.36. The molecule has 3 rings (SSSR count). The van der Waals surface area contributed by atoms with E-state index in [9.17, 15) is 4.79 Å². The van der Waals surface area contributed by atoms with Gasteiger partial charge in [0, 0.05) is 5.56 Å². The minimum Gasteiger partial charge on any atom is -0.481 e. The van der Waals surface area contributed by atoms with Crippen molar-refractivity contribution in [1.82, 2.24) is 4.98 Å². The highest BCUT2D eigenvalue weighted by atomic mass is 16.4. The highest BCUT2D eigenvalue weighted by Crippen LogP contribution is 2.30. The van der Waals surface area contributed by atoms with Crippen LogP contribution in [-0.2, 0) is 11.2 Å². The molecule has 0 saturated heterocycles. The first-order valence-electron chi connectivity index (χ1n) is 6.30. The standard InChI is InChI=1S/C16H13NO3/c1-10-9-17-16(20-10)14-7-3-5-12-11(8-15(18)19)4-2-6-13(12)14/h2-7,9H,8H2,1H3,(H,18,19). The summed E-state index contributed by atoms with van der Waals surface area (Å²) < 4.78 is 5.57. The smallest absolute Gasteiger partial charge is 0.307 e. The second-order valence-corrected chi connectivity index (χ2v) is 4.66. The fourth-order valence-corrected chi connectivity index (χ4v) is 2.36. The molecule has 20 heavy (non-hydrogen) atoms. The van der Waals surface area contributed by atoms with E-state index >= 15 is 0 Å². The number of aromatic nitrogens is 1. The zero-order chi connectivity index (χ0) is 14.1. The van der Waals surface area contributed by atoms with Crippen molar-refractivity contribution >= 4 is 16.7 Å². The molecule has 0 bridgehead atoms. The van der Waals surface area contributed by atoms with Crippen molar-refractivity contribution in [3.63, 3.8) is 0 Å². The van der Waals surface area contributed by atoms with Gasteiger partial charge in [-0.3, -0.25) is 4.79 Å². The Bertz CT molecular complexity index is 789. The lowest BCUT2D eigenvalue weighted by Crippen LogP contribution is -2.00. The van der Waals surface area contributed by atoms with E-state index in [1.807, 2.05) is 43.3 Å². The number of aryl methyl sites for hydroxylation is 1. The average molecular weight is 267 g/mol. The third-order valence-electron chi connectivity index (χ3n) is 3.21. The third kappa shape index (κ3) is 2.16. The highest BCUT2D eigenvalue weighted by Gasteiger charge is 2.11. The summed E-state index contributed by atoms with van der Waals surface area (Å²) in [6, 6.07) is 11.4. The molecule has 100 valence electrons. The first-order chi connectivity index (χ1) is 9.65. The second kappa shape index (κ2) is 4.81. The van der Waals surface area contributed by atoms with Crippen LogP contribution >= 0.6 is 0 Å². The Labute approximate surface area is 115 Å². The number of nitrogens with zero attached hydrogens (tertiary/aromatic N) is 1. The summed E-state index contributed by atoms with van der Waals surface area (Å²) in [6.45, 7) is 1.84. The normalized spacial score (nSPS) is 10.8. The molecular weight excluding hydrogens is 254 g/mol. The second-order valence-electron chi connectivity index (χ2n) is 4.66. The number of aliphatic carboxylic acids is 1. The van der Waals surface area contributed by atoms with Gasteiger partial charge in [-0.25, -0.2) is 4.98 Å². The monoisotopic (exact) mass is 267 g/mol. The molecule has 0 unspecified atom stereocenters. The van der Waals surface area contributed by atoms with Gasteiger partial charge in [0.1, 0.15) is 5.76 Å². The van der Waals surface area contributed by atoms with Gasteiger partial charge in [0.2, 0.25) is 5.89 Å². The molecule has 0 radical (unpaired) electrons. The van der Waals surface area contributed by atoms with Crippen molar-refractivity contribution in [3.05, 3.63) is 53.9 Å². The number of carbonyl (C=O) groups is 1. The van der Waals surface area contributed by atoms with Gasteiger partial charge in [0.15, 0.2) is 0 Å². The number of rotatable bonds is 3. The Morgan fingerprint density at radius 2 is 1.95 bits per heavy atom. The maximum Gasteiger partial charge on any atom is 0.307 e. The zero-order valence-electron chi connectivity index (χ0n) is 11.0. The quantitative estimate of drug-likeness (QED) is 0.789. The van der Waals surface area contributed by atoms with Crippen molar-refractivity contribution in [2.45, 2.75) is 13.3 Å². The minimum absolute atomic E-state index is 0.00536. The molecular formula is C16H13NO3. The van der Waals surface area contributed by atoms with Crippen LogP contribution in [0.4, 0.5) is 0 Å². The van der Waals surface area contributed by atoms with Crippen LogP contribution in [0.25, 0.3) is 22.2 Å². The lowest BCUT2D eigenvalue weighted by molar-refractivity contribution is -0.136. The largest absolute Gasteiger partial charge is 0.481 e. The number of fused-ring (bicyclic) bond motifs is 1. The number of carboxylic acid groups (broad SMARTS) is 1. The lowest BCUT2D eigenvalue weighted by Gasteiger charge is -2.07. The van der Waals surface area contributed by atoms with Gasteiger partial charge in [0.05, 0.1) is 12.6 Å². The molecule has 0 spiro atoms. The number of oxazole rings is 1. The van der Waals surface area contributed by atoms with Crippen LogP contribution in [0.3, 0.4) is 0 Å². The summed E-state index contributed by atoms with van der Waals surface area (Å²) in [5.41, 5.74) is 1.67. The summed E-state index contributed by atoms with van der Waals surface area (Å²) in [5.74, 6) is 0.467. The van der Waals surface area contributed by atoms with E-state index in [0.717, 1.165) is 27.7 Å². The van der Waals surface area contributed by atoms with Gasteiger partial charge >= 0.3 is 5.97 Å². The molecule has 3 aromatic rings. The zero-order valence-corrected chi connectivity index (χ0v) is 11.0. The number of carboxylic acids is 1. The average Bonchev–Trinajstić information content (AvgIpc) is 2.84. The van der Waals surface area contributed by atoms with Gasteiger partial charge in [-0.15, -0.1) is 0 Å². The lowest BCUT2D eigenvalue weighted by atomic mass is 9.98. The van der Waals surface area contributed by atoms with Crippen LogP contribution in [0.1, 0.15) is 11.3 Å². The number of hydrogen-bond acceptors (Lipinski definition) is 3. The van der Waals surface area contributed by atoms with E-state index in [1.165, 1.54) is 0 Å². The molecule has 0 aliphatic carbocycles. The predicted octanol–water partition coefficient (Wildman–Crippen LogP) is 3.43. The fraction of sp³-hybridized carbons (Fsp3) is 0.125. The Kier molecular flexibility index (Phi) is 2.99. The molecule has 1 N–H and O–H groups in total. The highest BCUT2D eigenvalue weighted by molar-refractivity contribution is 5.97. The van der Waals surface area contributed by atoms with Crippen LogP contribution in [0.15, 0.2) is 47.0 Å². The first kappa shape index (κ1) is 12.4. The van der Waals surface area contributed by atoms with E-state index in [2.05, 4.69) is 4.98 Å². The van der Waals surface area contributed by atoms with Crippen LogP contribution in [-0.4, -0.2) is 16.1 Å². The van der Waals surface area contributed by atoms with Crippen molar-refractivity contribution in [1.29, 1.82) is 0 Å². The Balaban J connectivity index is 2.22. The molecule has 0 atom stereocenters. The maximum absolute atomic E-state index is 10.9. The van der Waals surface area contributed by atoms with Gasteiger partial charge in [-0.1, -0.05) is 30.3 Å². The number of hydrogen-bond donors (Lipinski definition) is 1. The van der Waals surface area contributed by atoms with E-state index in [1.54, 1.807) is 6.20 Å². The van der Waals surface area contributed by atoms with Gasteiger partial charge in [-0.2, -0.15) is 0 Å². The predicted molar refractivity (Wildman–Crippen MR) is 75.5 cm³/mol. The van der Waals surface area contributed by atoms with Gasteiger partial charge in [-0.05, 0) is 29.3 Å². The van der Waals surface area contributed by atoms with Crippen LogP contribution in [0.5, 0.6) is 0 Å². The minimum atomic E-state index is -0.838. The summed E-state index contributed by atoms with van der Waals surface area (Å²) in [4.78, 5) is 15.2. The van der Waals surface area contributed by atoms with E-state index in [0.29, 0.717) is 5.89 Å². The number of benzene rings is 2. The molecule has 0 saturated carbocycles. The van der Waals surface area contributed by atoms with E-state index in [4.69, 9.17) is 9.52 Å². The molecule has 1 heterocycles. The Morgan fingerprint density at radius 1 is 1.20 bits per heavy atom. The van der Waals surface area contributed by atoms with Gasteiger partial charge < -0.3 is 9.52 Å². The topological polar surface area (TPSA) is 63.3 Å². The molecule has 4 nitrogen and oxygen atoms in total. The molecule has 4 heteroatoms. The first-order valence-corrected chi connectivity index (χ1v) is 6.30. The van der Waals surface area contributed by atoms with Crippen molar-refractivity contribution in [2.24, 2.45) is 0 Å². The molecule has 1 aromatic heterocycles.